The van der Waals surface area contributed by atoms with Crippen LogP contribution in [0.15, 0.2) is 64.4 Å². The normalized spacial score (nSPS) is 19.1. The summed E-state index contributed by atoms with van der Waals surface area (Å²) in [7, 11) is -7.04. The fourth-order valence-corrected chi connectivity index (χ4v) is 7.14. The zero-order valence-corrected chi connectivity index (χ0v) is 19.3. The van der Waals surface area contributed by atoms with E-state index in [0.29, 0.717) is 31.6 Å². The summed E-state index contributed by atoms with van der Waals surface area (Å²) in [6, 6.07) is 14.5. The third-order valence-electron chi connectivity index (χ3n) is 6.03. The number of rotatable bonds is 6. The Morgan fingerprint density at radius 2 is 1.22 bits per heavy atom. The first-order valence-corrected chi connectivity index (χ1v) is 13.6. The molecular weight excluding hydrogens is 450 g/mol. The monoisotopic (exact) mass is 477 g/mol. The summed E-state index contributed by atoms with van der Waals surface area (Å²) >= 11 is 0. The van der Waals surface area contributed by atoms with Crippen LogP contribution in [0, 0.1) is 5.92 Å². The second kappa shape index (κ2) is 9.30. The van der Waals surface area contributed by atoms with Gasteiger partial charge in [0.05, 0.1) is 9.79 Å². The van der Waals surface area contributed by atoms with Gasteiger partial charge in [-0.05, 0) is 62.1 Å². The topological polar surface area (TPSA) is 104 Å². The highest BCUT2D eigenvalue weighted by atomic mass is 32.2. The molecule has 2 aliphatic heterocycles. The molecular formula is C22H27N3O5S2. The minimum Gasteiger partial charge on any atom is -0.326 e. The van der Waals surface area contributed by atoms with E-state index in [-0.39, 0.29) is 34.7 Å². The van der Waals surface area contributed by atoms with Crippen molar-refractivity contribution in [2.24, 2.45) is 5.92 Å². The largest absolute Gasteiger partial charge is 0.326 e. The van der Waals surface area contributed by atoms with Crippen molar-refractivity contribution in [2.75, 3.05) is 31.5 Å². The summed E-state index contributed by atoms with van der Waals surface area (Å²) in [4.78, 5) is 13.2. The van der Waals surface area contributed by atoms with Crippen molar-refractivity contribution in [3.8, 4) is 0 Å². The summed E-state index contributed by atoms with van der Waals surface area (Å²) in [6.07, 6.45) is 2.61. The van der Waals surface area contributed by atoms with Crippen LogP contribution in [0.1, 0.15) is 25.7 Å². The van der Waals surface area contributed by atoms with Gasteiger partial charge in [-0.25, -0.2) is 16.8 Å². The van der Waals surface area contributed by atoms with Crippen LogP contribution in [0.3, 0.4) is 0 Å². The van der Waals surface area contributed by atoms with Crippen molar-refractivity contribution < 1.29 is 21.6 Å². The van der Waals surface area contributed by atoms with Gasteiger partial charge in [-0.15, -0.1) is 0 Å². The van der Waals surface area contributed by atoms with Gasteiger partial charge in [0.1, 0.15) is 0 Å². The van der Waals surface area contributed by atoms with Crippen LogP contribution < -0.4 is 5.32 Å². The predicted molar refractivity (Wildman–Crippen MR) is 121 cm³/mol. The molecule has 10 heteroatoms. The molecule has 2 fully saturated rings. The third kappa shape index (κ3) is 4.73. The molecule has 0 bridgehead atoms. The van der Waals surface area contributed by atoms with Gasteiger partial charge in [0.25, 0.3) is 0 Å². The first kappa shape index (κ1) is 22.9. The minimum atomic E-state index is -3.56. The fraction of sp³-hybridized carbons (Fsp3) is 0.409. The Labute approximate surface area is 189 Å². The van der Waals surface area contributed by atoms with Gasteiger partial charge >= 0.3 is 0 Å². The minimum absolute atomic E-state index is 0.183. The van der Waals surface area contributed by atoms with Crippen LogP contribution >= 0.6 is 0 Å². The number of nitrogens with zero attached hydrogens (tertiary/aromatic N) is 2. The molecule has 0 radical (unpaired) electrons. The average Bonchev–Trinajstić information content (AvgIpc) is 3.36. The van der Waals surface area contributed by atoms with Crippen LogP contribution in [0.4, 0.5) is 5.69 Å². The summed E-state index contributed by atoms with van der Waals surface area (Å²) < 4.78 is 53.6. The van der Waals surface area contributed by atoms with E-state index < -0.39 is 20.0 Å². The maximum Gasteiger partial charge on any atom is 0.243 e. The van der Waals surface area contributed by atoms with Crippen LogP contribution in [-0.2, 0) is 24.8 Å². The van der Waals surface area contributed by atoms with E-state index in [4.69, 9.17) is 0 Å². The van der Waals surface area contributed by atoms with E-state index in [1.807, 2.05) is 0 Å². The molecule has 172 valence electrons. The number of hydrogen-bond acceptors (Lipinski definition) is 5. The lowest BCUT2D eigenvalue weighted by Crippen LogP contribution is -2.41. The van der Waals surface area contributed by atoms with E-state index in [9.17, 15) is 21.6 Å². The molecule has 0 saturated carbocycles. The maximum atomic E-state index is 12.7. The van der Waals surface area contributed by atoms with Crippen molar-refractivity contribution in [1.29, 1.82) is 0 Å². The van der Waals surface area contributed by atoms with Gasteiger partial charge in [0, 0.05) is 37.8 Å². The first-order chi connectivity index (χ1) is 15.3. The molecule has 2 aromatic carbocycles. The molecule has 1 amide bonds. The third-order valence-corrected chi connectivity index (χ3v) is 9.86. The molecule has 8 nitrogen and oxygen atoms in total. The Hall–Kier alpha value is -2.27. The molecule has 2 aromatic rings. The summed E-state index contributed by atoms with van der Waals surface area (Å²) in [5, 5.41) is 2.83. The SMILES string of the molecule is O=C(Nc1ccc(S(=O)(=O)N2CCCC2)cc1)C1CCN(S(=O)(=O)c2ccccc2)CC1. The Morgan fingerprint density at radius 3 is 1.78 bits per heavy atom. The molecule has 2 aliphatic rings. The molecule has 2 saturated heterocycles. The number of nitrogens with one attached hydrogen (secondary N) is 1. The molecule has 0 unspecified atom stereocenters. The number of hydrogen-bond donors (Lipinski definition) is 1. The number of piperidine rings is 1. The Morgan fingerprint density at radius 1 is 0.719 bits per heavy atom. The Bertz CT molecular complexity index is 1150. The lowest BCUT2D eigenvalue weighted by molar-refractivity contribution is -0.120. The van der Waals surface area contributed by atoms with Crippen LogP contribution in [0.2, 0.25) is 0 Å². The fourth-order valence-electron chi connectivity index (χ4n) is 4.13. The Balaban J connectivity index is 1.34. The summed E-state index contributed by atoms with van der Waals surface area (Å²) in [5.41, 5.74) is 0.523. The van der Waals surface area contributed by atoms with E-state index in [0.717, 1.165) is 12.8 Å². The molecule has 0 aromatic heterocycles. The zero-order chi connectivity index (χ0) is 22.8. The smallest absolute Gasteiger partial charge is 0.243 e. The number of carbonyl (C=O) groups excluding carboxylic acids is 1. The van der Waals surface area contributed by atoms with Crippen molar-refractivity contribution in [2.45, 2.75) is 35.5 Å². The van der Waals surface area contributed by atoms with Crippen molar-refractivity contribution in [1.82, 2.24) is 8.61 Å². The lowest BCUT2D eigenvalue weighted by Gasteiger charge is -2.30. The quantitative estimate of drug-likeness (QED) is 0.689. The van der Waals surface area contributed by atoms with Crippen molar-refractivity contribution in [3.05, 3.63) is 54.6 Å². The van der Waals surface area contributed by atoms with Crippen LogP contribution in [-0.4, -0.2) is 57.5 Å². The number of amides is 1. The van der Waals surface area contributed by atoms with Crippen LogP contribution in [0.5, 0.6) is 0 Å². The Kier molecular flexibility index (Phi) is 6.66. The predicted octanol–water partition coefficient (Wildman–Crippen LogP) is 2.51. The van der Waals surface area contributed by atoms with Gasteiger partial charge in [-0.1, -0.05) is 18.2 Å². The summed E-state index contributed by atoms with van der Waals surface area (Å²) in [6.45, 7) is 1.64. The first-order valence-electron chi connectivity index (χ1n) is 10.7. The standard InChI is InChI=1S/C22H27N3O5S2/c26-22(18-12-16-25(17-13-18)31(27,28)20-6-2-1-3-7-20)23-19-8-10-21(11-9-19)32(29,30)24-14-4-5-15-24/h1-3,6-11,18H,4-5,12-17H2,(H,23,26). The highest BCUT2D eigenvalue weighted by Crippen LogP contribution is 2.26. The molecule has 32 heavy (non-hydrogen) atoms. The van der Waals surface area contributed by atoms with Crippen molar-refractivity contribution >= 4 is 31.6 Å². The molecule has 4 rings (SSSR count). The molecule has 2 heterocycles. The van der Waals surface area contributed by atoms with E-state index in [1.54, 1.807) is 42.5 Å². The number of anilines is 1. The van der Waals surface area contributed by atoms with Gasteiger partial charge < -0.3 is 5.32 Å². The van der Waals surface area contributed by atoms with E-state index >= 15 is 0 Å². The maximum absolute atomic E-state index is 12.7. The highest BCUT2D eigenvalue weighted by Gasteiger charge is 2.32. The van der Waals surface area contributed by atoms with Gasteiger partial charge in [0.15, 0.2) is 0 Å². The molecule has 1 N–H and O–H groups in total. The number of carbonyl (C=O) groups is 1. The second-order valence-electron chi connectivity index (χ2n) is 8.12. The van der Waals surface area contributed by atoms with Gasteiger partial charge in [-0.2, -0.15) is 8.61 Å². The zero-order valence-electron chi connectivity index (χ0n) is 17.7. The molecule has 0 aliphatic carbocycles. The average molecular weight is 478 g/mol. The van der Waals surface area contributed by atoms with Gasteiger partial charge in [0.2, 0.25) is 26.0 Å². The summed E-state index contributed by atoms with van der Waals surface area (Å²) in [5.74, 6) is -0.484. The molecule has 0 spiro atoms. The lowest BCUT2D eigenvalue weighted by atomic mass is 9.97. The highest BCUT2D eigenvalue weighted by molar-refractivity contribution is 7.89. The van der Waals surface area contributed by atoms with Crippen LogP contribution in [0.25, 0.3) is 0 Å². The molecule has 0 atom stereocenters. The van der Waals surface area contributed by atoms with Gasteiger partial charge in [-0.3, -0.25) is 4.79 Å². The second-order valence-corrected chi connectivity index (χ2v) is 12.0. The van der Waals surface area contributed by atoms with E-state index in [2.05, 4.69) is 5.32 Å². The number of sulfonamides is 2. The van der Waals surface area contributed by atoms with E-state index in [1.165, 1.54) is 20.7 Å². The van der Waals surface area contributed by atoms with Crippen molar-refractivity contribution in [3.63, 3.8) is 0 Å². The number of benzene rings is 2.